The minimum Gasteiger partial charge on any atom is -0.282 e. The first kappa shape index (κ1) is 16.0. The van der Waals surface area contributed by atoms with E-state index in [1.54, 1.807) is 30.3 Å². The van der Waals surface area contributed by atoms with Crippen molar-refractivity contribution in [1.82, 2.24) is 0 Å². The minimum atomic E-state index is -3.92. The minimum absolute atomic E-state index is 0.0214. The zero-order chi connectivity index (χ0) is 14.3. The first-order chi connectivity index (χ1) is 8.93. The van der Waals surface area contributed by atoms with Gasteiger partial charge in [0.2, 0.25) is 5.12 Å². The van der Waals surface area contributed by atoms with E-state index >= 15 is 0 Å². The van der Waals surface area contributed by atoms with Crippen molar-refractivity contribution in [2.24, 2.45) is 0 Å². The van der Waals surface area contributed by atoms with E-state index in [1.165, 1.54) is 0 Å². The summed E-state index contributed by atoms with van der Waals surface area (Å²) in [6, 6.07) is 8.59. The molecule has 0 bridgehead atoms. The van der Waals surface area contributed by atoms with Gasteiger partial charge in [-0.2, -0.15) is 0 Å². The Bertz CT molecular complexity index is 395. The lowest BCUT2D eigenvalue weighted by Gasteiger charge is -2.14. The number of rotatable bonds is 7. The Morgan fingerprint density at radius 2 is 1.79 bits per heavy atom. The molecule has 0 aromatic heterocycles. The monoisotopic (exact) mass is 294 g/mol. The summed E-state index contributed by atoms with van der Waals surface area (Å²) < 4.78 is 48.9. The fourth-order valence-electron chi connectivity index (χ4n) is 1.39. The van der Waals surface area contributed by atoms with E-state index in [2.05, 4.69) is 0 Å². The molecule has 0 fully saturated rings. The topological polar surface area (TPSA) is 17.1 Å². The Kier molecular flexibility index (Phi) is 6.34. The fraction of sp³-hybridized carbons (Fsp3) is 0.462. The second kappa shape index (κ2) is 7.53. The molecule has 1 aromatic carbocycles. The average molecular weight is 294 g/mol. The molecule has 6 heteroatoms. The normalized spacial score (nSPS) is 11.8. The number of hydrogen-bond donors (Lipinski definition) is 0. The van der Waals surface area contributed by atoms with Crippen molar-refractivity contribution in [3.05, 3.63) is 35.9 Å². The Morgan fingerprint density at radius 3 is 2.37 bits per heavy atom. The third-order valence-corrected chi connectivity index (χ3v) is 3.46. The summed E-state index contributed by atoms with van der Waals surface area (Å²) in [5.74, 6) is -3.57. The maximum atomic E-state index is 12.6. The van der Waals surface area contributed by atoms with Gasteiger partial charge in [0, 0.05) is 17.7 Å². The van der Waals surface area contributed by atoms with Crippen molar-refractivity contribution in [2.75, 3.05) is 5.75 Å². The second-order valence-electron chi connectivity index (χ2n) is 4.02. The molecule has 0 amide bonds. The molecule has 0 saturated carbocycles. The van der Waals surface area contributed by atoms with E-state index in [0.29, 0.717) is 17.7 Å². The van der Waals surface area contributed by atoms with Crippen LogP contribution in [0.3, 0.4) is 0 Å². The van der Waals surface area contributed by atoms with Gasteiger partial charge in [0.1, 0.15) is 0 Å². The summed E-state index contributed by atoms with van der Waals surface area (Å²) in [5, 5.41) is -0.138. The van der Waals surface area contributed by atoms with Crippen molar-refractivity contribution in [3.8, 4) is 0 Å². The summed E-state index contributed by atoms with van der Waals surface area (Å²) in [6.45, 7) is 0. The van der Waals surface area contributed by atoms with Gasteiger partial charge in [-0.15, -0.1) is 0 Å². The number of benzene rings is 1. The SMILES string of the molecule is O=C(SCCCCC(F)(F)C(F)F)c1ccccc1. The van der Waals surface area contributed by atoms with Crippen LogP contribution >= 0.6 is 11.8 Å². The highest BCUT2D eigenvalue weighted by Gasteiger charge is 2.39. The maximum Gasteiger partial charge on any atom is 0.307 e. The standard InChI is InChI=1S/C13H14F4OS/c14-12(15)13(16,17)8-4-5-9-19-11(18)10-6-2-1-3-7-10/h1-3,6-7,12H,4-5,8-9H2. The maximum absolute atomic E-state index is 12.6. The summed E-state index contributed by atoms with van der Waals surface area (Å²) >= 11 is 1.02. The van der Waals surface area contributed by atoms with Gasteiger partial charge in [-0.05, 0) is 12.8 Å². The molecule has 0 spiro atoms. The van der Waals surface area contributed by atoms with Crippen LogP contribution in [0.2, 0.25) is 0 Å². The van der Waals surface area contributed by atoms with Crippen LogP contribution in [0.25, 0.3) is 0 Å². The Labute approximate surface area is 113 Å². The predicted octanol–water partition coefficient (Wildman–Crippen LogP) is 4.63. The molecular formula is C13H14F4OS. The van der Waals surface area contributed by atoms with E-state index < -0.39 is 18.8 Å². The van der Waals surface area contributed by atoms with Crippen LogP contribution in [0.5, 0.6) is 0 Å². The zero-order valence-corrected chi connectivity index (χ0v) is 10.9. The molecule has 106 valence electrons. The Morgan fingerprint density at radius 1 is 1.16 bits per heavy atom. The summed E-state index contributed by atoms with van der Waals surface area (Å²) in [7, 11) is 0. The first-order valence-electron chi connectivity index (χ1n) is 5.81. The third-order valence-electron chi connectivity index (χ3n) is 2.47. The van der Waals surface area contributed by atoms with Crippen LogP contribution in [0.4, 0.5) is 17.6 Å². The highest BCUT2D eigenvalue weighted by atomic mass is 32.2. The quantitative estimate of drug-likeness (QED) is 0.538. The molecule has 0 N–H and O–H groups in total. The first-order valence-corrected chi connectivity index (χ1v) is 6.80. The molecule has 1 nitrogen and oxygen atoms in total. The molecule has 0 saturated heterocycles. The number of halogens is 4. The molecule has 0 unspecified atom stereocenters. The highest BCUT2D eigenvalue weighted by molar-refractivity contribution is 8.14. The van der Waals surface area contributed by atoms with Gasteiger partial charge in [-0.1, -0.05) is 42.1 Å². The third kappa shape index (κ3) is 5.63. The van der Waals surface area contributed by atoms with Crippen LogP contribution in [-0.2, 0) is 0 Å². The predicted molar refractivity (Wildman–Crippen MR) is 68.0 cm³/mol. The number of unbranched alkanes of at least 4 members (excludes halogenated alkanes) is 1. The van der Waals surface area contributed by atoms with Crippen LogP contribution in [0.15, 0.2) is 30.3 Å². The molecular weight excluding hydrogens is 280 g/mol. The number of thioether (sulfide) groups is 1. The van der Waals surface area contributed by atoms with Crippen molar-refractivity contribution in [1.29, 1.82) is 0 Å². The van der Waals surface area contributed by atoms with Gasteiger partial charge in [-0.25, -0.2) is 17.6 Å². The molecule has 19 heavy (non-hydrogen) atoms. The van der Waals surface area contributed by atoms with Gasteiger partial charge in [0.15, 0.2) is 0 Å². The lowest BCUT2D eigenvalue weighted by Crippen LogP contribution is -2.26. The molecule has 1 rings (SSSR count). The smallest absolute Gasteiger partial charge is 0.282 e. The van der Waals surface area contributed by atoms with Crippen molar-refractivity contribution in [3.63, 3.8) is 0 Å². The van der Waals surface area contributed by atoms with Gasteiger partial charge in [0.05, 0.1) is 0 Å². The Hall–Kier alpha value is -1.04. The van der Waals surface area contributed by atoms with E-state index in [-0.39, 0.29) is 11.5 Å². The van der Waals surface area contributed by atoms with E-state index in [1.807, 2.05) is 0 Å². The number of carbonyl (C=O) groups excluding carboxylic acids is 1. The van der Waals surface area contributed by atoms with Gasteiger partial charge < -0.3 is 0 Å². The molecule has 0 aliphatic carbocycles. The lowest BCUT2D eigenvalue weighted by atomic mass is 10.1. The molecule has 1 aromatic rings. The van der Waals surface area contributed by atoms with Crippen LogP contribution < -0.4 is 0 Å². The molecule has 0 radical (unpaired) electrons. The van der Waals surface area contributed by atoms with Crippen molar-refractivity contribution < 1.29 is 22.4 Å². The molecule has 0 atom stereocenters. The van der Waals surface area contributed by atoms with Gasteiger partial charge in [0.25, 0.3) is 0 Å². The summed E-state index contributed by atoms with van der Waals surface area (Å²) in [4.78, 5) is 11.6. The molecule has 0 heterocycles. The van der Waals surface area contributed by atoms with E-state index in [0.717, 1.165) is 11.8 Å². The average Bonchev–Trinajstić information content (AvgIpc) is 2.38. The summed E-state index contributed by atoms with van der Waals surface area (Å²) in [6.07, 6.45) is -4.17. The van der Waals surface area contributed by atoms with Crippen LogP contribution in [-0.4, -0.2) is 23.2 Å². The number of carbonyl (C=O) groups is 1. The lowest BCUT2D eigenvalue weighted by molar-refractivity contribution is -0.133. The zero-order valence-electron chi connectivity index (χ0n) is 10.1. The fourth-order valence-corrected chi connectivity index (χ4v) is 2.23. The molecule has 0 aliphatic rings. The van der Waals surface area contributed by atoms with Gasteiger partial charge in [-0.3, -0.25) is 4.79 Å². The van der Waals surface area contributed by atoms with Crippen LogP contribution in [0.1, 0.15) is 29.6 Å². The van der Waals surface area contributed by atoms with Crippen molar-refractivity contribution in [2.45, 2.75) is 31.6 Å². The molecule has 0 aliphatic heterocycles. The van der Waals surface area contributed by atoms with Crippen LogP contribution in [0, 0.1) is 0 Å². The van der Waals surface area contributed by atoms with E-state index in [4.69, 9.17) is 0 Å². The van der Waals surface area contributed by atoms with Crippen molar-refractivity contribution >= 4 is 16.9 Å². The summed E-state index contributed by atoms with van der Waals surface area (Å²) in [5.41, 5.74) is 0.547. The Balaban J connectivity index is 2.20. The number of alkyl halides is 4. The number of hydrogen-bond acceptors (Lipinski definition) is 2. The van der Waals surface area contributed by atoms with E-state index in [9.17, 15) is 22.4 Å². The highest BCUT2D eigenvalue weighted by Crippen LogP contribution is 2.29. The largest absolute Gasteiger partial charge is 0.307 e. The second-order valence-corrected chi connectivity index (χ2v) is 5.09. The van der Waals surface area contributed by atoms with Gasteiger partial charge >= 0.3 is 12.3 Å².